The van der Waals surface area contributed by atoms with Crippen molar-refractivity contribution in [2.24, 2.45) is 5.10 Å². The Hall–Kier alpha value is -3.47. The molecule has 0 unspecified atom stereocenters. The second kappa shape index (κ2) is 10.9. The minimum atomic E-state index is -0.231. The van der Waals surface area contributed by atoms with Gasteiger partial charge in [-0.25, -0.2) is 4.98 Å². The number of nitrogens with zero attached hydrogens (tertiary/aromatic N) is 4. The first-order chi connectivity index (χ1) is 16.9. The molecule has 1 heterocycles. The number of hydrogen-bond donors (Lipinski definition) is 0. The minimum absolute atomic E-state index is 0.0450. The molecule has 4 aromatic rings. The molecule has 1 atom stereocenters. The van der Waals surface area contributed by atoms with Gasteiger partial charge in [-0.05, 0) is 54.4 Å². The van der Waals surface area contributed by atoms with E-state index in [1.165, 1.54) is 4.68 Å². The molecule has 0 amide bonds. The van der Waals surface area contributed by atoms with Crippen molar-refractivity contribution in [3.8, 4) is 11.8 Å². The van der Waals surface area contributed by atoms with Crippen LogP contribution in [-0.2, 0) is 6.61 Å². The highest BCUT2D eigenvalue weighted by Crippen LogP contribution is 2.26. The summed E-state index contributed by atoms with van der Waals surface area (Å²) in [5.74, 6) is 1.14. The smallest absolute Gasteiger partial charge is 0.282 e. The molecule has 1 aromatic heterocycles. The van der Waals surface area contributed by atoms with Crippen LogP contribution in [-0.4, -0.2) is 15.9 Å². The van der Waals surface area contributed by atoms with Crippen LogP contribution in [0.5, 0.6) is 5.75 Å². The summed E-state index contributed by atoms with van der Waals surface area (Å²) in [4.78, 5) is 18.0. The molecule has 0 aliphatic carbocycles. The molecular weight excluding hydrogens is 528 g/mol. The highest BCUT2D eigenvalue weighted by Gasteiger charge is 2.15. The molecule has 6 nitrogen and oxygen atoms in total. The number of fused-ring (bicyclic) bond motifs is 1. The summed E-state index contributed by atoms with van der Waals surface area (Å²) in [6.07, 6.45) is 2.40. The van der Waals surface area contributed by atoms with Crippen LogP contribution in [0.2, 0.25) is 5.02 Å². The van der Waals surface area contributed by atoms with Crippen LogP contribution >= 0.6 is 27.5 Å². The molecule has 0 radical (unpaired) electrons. The molecule has 0 aliphatic rings. The van der Waals surface area contributed by atoms with Crippen LogP contribution in [0, 0.1) is 11.3 Å². The topological polar surface area (TPSA) is 80.3 Å². The number of nitriles is 1. The molecule has 0 bridgehead atoms. The zero-order valence-electron chi connectivity index (χ0n) is 19.2. The lowest BCUT2D eigenvalue weighted by Crippen LogP contribution is -2.23. The van der Waals surface area contributed by atoms with Gasteiger partial charge >= 0.3 is 0 Å². The SMILES string of the molecule is CC[C@H](C)c1nc2ccc(Br)cc2c(=O)n1N=Cc1ccc(OCc2ccccc2C#N)c(Cl)c1. The first-order valence-corrected chi connectivity index (χ1v) is 12.2. The first kappa shape index (κ1) is 24.6. The van der Waals surface area contributed by atoms with Crippen LogP contribution in [0.1, 0.15) is 48.7 Å². The third kappa shape index (κ3) is 5.45. The van der Waals surface area contributed by atoms with Gasteiger partial charge in [-0.2, -0.15) is 15.0 Å². The fourth-order valence-electron chi connectivity index (χ4n) is 3.53. The van der Waals surface area contributed by atoms with Gasteiger partial charge in [0.2, 0.25) is 0 Å². The largest absolute Gasteiger partial charge is 0.487 e. The van der Waals surface area contributed by atoms with E-state index in [9.17, 15) is 10.1 Å². The van der Waals surface area contributed by atoms with Gasteiger partial charge in [-0.3, -0.25) is 4.79 Å². The summed E-state index contributed by atoms with van der Waals surface area (Å²) in [7, 11) is 0. The van der Waals surface area contributed by atoms with E-state index in [1.807, 2.05) is 44.2 Å². The van der Waals surface area contributed by atoms with Crippen molar-refractivity contribution in [2.75, 3.05) is 0 Å². The summed E-state index contributed by atoms with van der Waals surface area (Å²) in [6, 6.07) is 20.1. The van der Waals surface area contributed by atoms with Crippen molar-refractivity contribution in [1.82, 2.24) is 9.66 Å². The molecule has 35 heavy (non-hydrogen) atoms. The van der Waals surface area contributed by atoms with Gasteiger partial charge in [0, 0.05) is 16.0 Å². The Balaban J connectivity index is 1.63. The van der Waals surface area contributed by atoms with Crippen LogP contribution in [0.15, 0.2) is 75.0 Å². The van der Waals surface area contributed by atoms with Gasteiger partial charge in [-0.15, -0.1) is 0 Å². The van der Waals surface area contributed by atoms with E-state index in [0.717, 1.165) is 16.5 Å². The third-order valence-electron chi connectivity index (χ3n) is 5.69. The molecule has 3 aromatic carbocycles. The van der Waals surface area contributed by atoms with Gasteiger partial charge in [0.05, 0.1) is 33.8 Å². The number of halogens is 2. The number of benzene rings is 3. The lowest BCUT2D eigenvalue weighted by Gasteiger charge is -2.14. The first-order valence-electron chi connectivity index (χ1n) is 11.1. The monoisotopic (exact) mass is 548 g/mol. The van der Waals surface area contributed by atoms with Gasteiger partial charge < -0.3 is 4.74 Å². The van der Waals surface area contributed by atoms with Crippen molar-refractivity contribution in [3.05, 3.63) is 103 Å². The molecule has 0 spiro atoms. The van der Waals surface area contributed by atoms with Crippen LogP contribution < -0.4 is 10.3 Å². The average Bonchev–Trinajstić information content (AvgIpc) is 2.87. The highest BCUT2D eigenvalue weighted by atomic mass is 79.9. The van der Waals surface area contributed by atoms with Crippen molar-refractivity contribution < 1.29 is 4.74 Å². The summed E-state index contributed by atoms with van der Waals surface area (Å²) >= 11 is 9.87. The van der Waals surface area contributed by atoms with Gasteiger partial charge in [0.25, 0.3) is 5.56 Å². The Labute approximate surface area is 216 Å². The molecule has 0 fully saturated rings. The zero-order chi connectivity index (χ0) is 24.9. The molecule has 0 saturated carbocycles. The van der Waals surface area contributed by atoms with Crippen molar-refractivity contribution >= 4 is 44.6 Å². The summed E-state index contributed by atoms with van der Waals surface area (Å²) in [6.45, 7) is 4.29. The number of aromatic nitrogens is 2. The fourth-order valence-corrected chi connectivity index (χ4v) is 4.13. The van der Waals surface area contributed by atoms with Crippen molar-refractivity contribution in [1.29, 1.82) is 5.26 Å². The second-order valence-corrected chi connectivity index (χ2v) is 9.37. The molecule has 0 N–H and O–H groups in total. The Bertz CT molecular complexity index is 1520. The molecular formula is C27H22BrClN4O2. The number of hydrogen-bond acceptors (Lipinski definition) is 5. The predicted molar refractivity (Wildman–Crippen MR) is 142 cm³/mol. The van der Waals surface area contributed by atoms with E-state index in [4.69, 9.17) is 21.3 Å². The summed E-state index contributed by atoms with van der Waals surface area (Å²) < 4.78 is 7.99. The quantitative estimate of drug-likeness (QED) is 0.241. The van der Waals surface area contributed by atoms with E-state index in [1.54, 1.807) is 36.5 Å². The lowest BCUT2D eigenvalue weighted by atomic mass is 10.1. The Morgan fingerprint density at radius 2 is 2.03 bits per heavy atom. The van der Waals surface area contributed by atoms with Crippen LogP contribution in [0.3, 0.4) is 0 Å². The molecule has 0 aliphatic heterocycles. The fraction of sp³-hybridized carbons (Fsp3) is 0.185. The molecule has 4 rings (SSSR count). The summed E-state index contributed by atoms with van der Waals surface area (Å²) in [5, 5.41) is 14.6. The maximum atomic E-state index is 13.3. The third-order valence-corrected chi connectivity index (χ3v) is 6.47. The Kier molecular flexibility index (Phi) is 7.64. The van der Waals surface area contributed by atoms with E-state index in [0.29, 0.717) is 38.6 Å². The molecule has 0 saturated heterocycles. The average molecular weight is 550 g/mol. The van der Waals surface area contributed by atoms with Crippen LogP contribution in [0.25, 0.3) is 10.9 Å². The van der Waals surface area contributed by atoms with Gasteiger partial charge in [0.1, 0.15) is 18.2 Å². The van der Waals surface area contributed by atoms with E-state index in [-0.39, 0.29) is 18.1 Å². The van der Waals surface area contributed by atoms with Crippen molar-refractivity contribution in [3.63, 3.8) is 0 Å². The zero-order valence-corrected chi connectivity index (χ0v) is 21.5. The molecule has 8 heteroatoms. The van der Waals surface area contributed by atoms with E-state index in [2.05, 4.69) is 27.1 Å². The minimum Gasteiger partial charge on any atom is -0.487 e. The number of ether oxygens (including phenoxy) is 1. The van der Waals surface area contributed by atoms with E-state index < -0.39 is 0 Å². The highest BCUT2D eigenvalue weighted by molar-refractivity contribution is 9.10. The Morgan fingerprint density at radius 1 is 1.23 bits per heavy atom. The van der Waals surface area contributed by atoms with Crippen LogP contribution in [0.4, 0.5) is 0 Å². The second-order valence-electron chi connectivity index (χ2n) is 8.05. The standard InChI is InChI=1S/C27H22BrClN4O2/c1-3-17(2)26-32-24-10-9-21(28)13-22(24)27(34)33(26)31-15-18-8-11-25(23(29)12-18)35-16-20-7-5-4-6-19(20)14-30/h4-13,15,17H,3,16H2,1-2H3/t17-/m0/s1. The predicted octanol–water partition coefficient (Wildman–Crippen LogP) is 6.66. The Morgan fingerprint density at radius 3 is 2.77 bits per heavy atom. The van der Waals surface area contributed by atoms with E-state index >= 15 is 0 Å². The molecule has 176 valence electrons. The normalized spacial score (nSPS) is 12.1. The van der Waals surface area contributed by atoms with Crippen molar-refractivity contribution in [2.45, 2.75) is 32.8 Å². The summed E-state index contributed by atoms with van der Waals surface area (Å²) in [5.41, 5.74) is 2.46. The van der Waals surface area contributed by atoms with Gasteiger partial charge in [0.15, 0.2) is 0 Å². The number of rotatable bonds is 7. The van der Waals surface area contributed by atoms with Gasteiger partial charge in [-0.1, -0.05) is 59.6 Å². The maximum Gasteiger partial charge on any atom is 0.282 e. The maximum absolute atomic E-state index is 13.3. The lowest BCUT2D eigenvalue weighted by molar-refractivity contribution is 0.306.